The molecule has 2 amide bonds. The number of H-pyrrole nitrogens is 1. The van der Waals surface area contributed by atoms with Crippen LogP contribution in [0.1, 0.15) is 41.8 Å². The summed E-state index contributed by atoms with van der Waals surface area (Å²) >= 11 is 6.34. The Hall–Kier alpha value is -3.74. The van der Waals surface area contributed by atoms with E-state index in [-0.39, 0.29) is 12.1 Å². The van der Waals surface area contributed by atoms with Crippen LogP contribution in [0, 0.1) is 23.2 Å². The van der Waals surface area contributed by atoms with E-state index in [1.165, 1.54) is 0 Å². The van der Waals surface area contributed by atoms with Crippen molar-refractivity contribution in [3.05, 3.63) is 88.5 Å². The molecule has 7 heteroatoms. The summed E-state index contributed by atoms with van der Waals surface area (Å²) in [5, 5.41) is 12.8. The summed E-state index contributed by atoms with van der Waals surface area (Å²) in [5.41, 5.74) is 2.65. The highest BCUT2D eigenvalue weighted by molar-refractivity contribution is 6.30. The average molecular weight is 444 g/mol. The second kappa shape index (κ2) is 9.18. The zero-order chi connectivity index (χ0) is 22.6. The van der Waals surface area contributed by atoms with E-state index in [9.17, 15) is 4.79 Å². The van der Waals surface area contributed by atoms with Crippen molar-refractivity contribution in [3.8, 4) is 17.9 Å². The lowest BCUT2D eigenvalue weighted by molar-refractivity contribution is 0.114. The van der Waals surface area contributed by atoms with Crippen LogP contribution in [0.5, 0.6) is 0 Å². The number of benzene rings is 2. The first-order valence-electron chi connectivity index (χ1n) is 10.3. The Balaban J connectivity index is 1.83. The Labute approximate surface area is 192 Å². The second-order valence-electron chi connectivity index (χ2n) is 7.71. The minimum atomic E-state index is -0.701. The molecular weight excluding hydrogens is 422 g/mol. The number of halogens is 1. The average Bonchev–Trinajstić information content (AvgIpc) is 3.46. The number of amides is 2. The van der Waals surface area contributed by atoms with Gasteiger partial charge in [-0.05, 0) is 48.7 Å². The monoisotopic (exact) mass is 443 g/mol. The molecule has 0 aliphatic carbocycles. The van der Waals surface area contributed by atoms with Gasteiger partial charge in [-0.3, -0.25) is 0 Å². The highest BCUT2D eigenvalue weighted by Gasteiger charge is 2.50. The van der Waals surface area contributed by atoms with Crippen LogP contribution in [0.15, 0.2) is 61.1 Å². The number of nitrogens with one attached hydrogen (secondary N) is 2. The highest BCUT2D eigenvalue weighted by Crippen LogP contribution is 2.42. The third-order valence-corrected chi connectivity index (χ3v) is 6.07. The molecule has 0 saturated carbocycles. The fourth-order valence-corrected chi connectivity index (χ4v) is 4.45. The molecule has 1 aliphatic rings. The highest BCUT2D eigenvalue weighted by atomic mass is 35.5. The molecule has 1 aliphatic heterocycles. The van der Waals surface area contributed by atoms with Gasteiger partial charge >= 0.3 is 6.03 Å². The lowest BCUT2D eigenvalue weighted by Gasteiger charge is -2.41. The molecule has 1 saturated heterocycles. The molecule has 1 aromatic heterocycles. The lowest BCUT2D eigenvalue weighted by atomic mass is 9.84. The number of hydrogen-bond acceptors (Lipinski definition) is 3. The van der Waals surface area contributed by atoms with Crippen LogP contribution in [0.4, 0.5) is 4.79 Å². The van der Waals surface area contributed by atoms with Crippen LogP contribution < -0.4 is 5.32 Å². The van der Waals surface area contributed by atoms with Gasteiger partial charge in [0.2, 0.25) is 0 Å². The number of nitriles is 1. The maximum Gasteiger partial charge on any atom is 0.318 e. The van der Waals surface area contributed by atoms with Gasteiger partial charge in [0.05, 0.1) is 41.4 Å². The summed E-state index contributed by atoms with van der Waals surface area (Å²) < 4.78 is 0. The van der Waals surface area contributed by atoms with E-state index in [2.05, 4.69) is 33.2 Å². The van der Waals surface area contributed by atoms with E-state index in [1.807, 2.05) is 41.3 Å². The summed E-state index contributed by atoms with van der Waals surface area (Å²) in [6, 6.07) is 16.7. The molecule has 2 unspecified atom stereocenters. The van der Waals surface area contributed by atoms with E-state index in [1.54, 1.807) is 31.6 Å². The van der Waals surface area contributed by atoms with Crippen molar-refractivity contribution in [2.75, 3.05) is 6.54 Å². The third kappa shape index (κ3) is 4.06. The standard InChI is InChI=1S/C25H22ClN5O/c1-2-3-11-25(20-5-4-6-21(26)13-20)16-29-24(32)31(25)23(22-15-28-17-30-22)12-18-7-9-19(14-27)10-8-18/h4-10,13,15,17,23H,11-12,16H2,1H3,(H,28,30)(H,29,32). The normalized spacial score (nSPS) is 18.4. The van der Waals surface area contributed by atoms with Crippen molar-refractivity contribution in [1.82, 2.24) is 20.2 Å². The van der Waals surface area contributed by atoms with Crippen molar-refractivity contribution in [3.63, 3.8) is 0 Å². The minimum Gasteiger partial charge on any atom is -0.347 e. The predicted octanol–water partition coefficient (Wildman–Crippen LogP) is 4.55. The van der Waals surface area contributed by atoms with Gasteiger partial charge in [0.25, 0.3) is 0 Å². The minimum absolute atomic E-state index is 0.170. The maximum atomic E-state index is 13.3. The molecular formula is C25H22ClN5O. The van der Waals surface area contributed by atoms with E-state index >= 15 is 0 Å². The molecule has 2 N–H and O–H groups in total. The largest absolute Gasteiger partial charge is 0.347 e. The van der Waals surface area contributed by atoms with Gasteiger partial charge < -0.3 is 15.2 Å². The number of carbonyl (C=O) groups excluding carboxylic acids is 1. The molecule has 4 rings (SSSR count). The number of nitrogens with zero attached hydrogens (tertiary/aromatic N) is 3. The molecule has 0 radical (unpaired) electrons. The van der Waals surface area contributed by atoms with Gasteiger partial charge in [-0.2, -0.15) is 5.26 Å². The fourth-order valence-electron chi connectivity index (χ4n) is 4.26. The summed E-state index contributed by atoms with van der Waals surface area (Å²) in [6.45, 7) is 2.21. The van der Waals surface area contributed by atoms with Gasteiger partial charge in [0, 0.05) is 18.0 Å². The van der Waals surface area contributed by atoms with E-state index < -0.39 is 5.54 Å². The quantitative estimate of drug-likeness (QED) is 0.548. The number of imidazole rings is 1. The summed E-state index contributed by atoms with van der Waals surface area (Å²) in [6.07, 6.45) is 4.36. The van der Waals surface area contributed by atoms with E-state index in [0.29, 0.717) is 30.0 Å². The molecule has 2 aromatic carbocycles. The molecule has 2 heterocycles. The molecule has 32 heavy (non-hydrogen) atoms. The van der Waals surface area contributed by atoms with Crippen LogP contribution in [0.2, 0.25) is 5.02 Å². The predicted molar refractivity (Wildman–Crippen MR) is 123 cm³/mol. The second-order valence-corrected chi connectivity index (χ2v) is 8.15. The zero-order valence-corrected chi connectivity index (χ0v) is 18.4. The van der Waals surface area contributed by atoms with E-state index in [4.69, 9.17) is 16.9 Å². The van der Waals surface area contributed by atoms with E-state index in [0.717, 1.165) is 16.8 Å². The zero-order valence-electron chi connectivity index (χ0n) is 17.6. The maximum absolute atomic E-state index is 13.3. The van der Waals surface area contributed by atoms with Crippen LogP contribution in [0.25, 0.3) is 0 Å². The van der Waals surface area contributed by atoms with Crippen molar-refractivity contribution in [1.29, 1.82) is 5.26 Å². The van der Waals surface area contributed by atoms with Crippen molar-refractivity contribution in [2.45, 2.75) is 31.3 Å². The first-order chi connectivity index (χ1) is 15.6. The number of aromatic nitrogens is 2. The van der Waals surface area contributed by atoms with Gasteiger partial charge in [0.1, 0.15) is 0 Å². The van der Waals surface area contributed by atoms with Crippen molar-refractivity contribution in [2.24, 2.45) is 0 Å². The summed E-state index contributed by atoms with van der Waals surface area (Å²) in [5.74, 6) is 6.17. The summed E-state index contributed by atoms with van der Waals surface area (Å²) in [7, 11) is 0. The first kappa shape index (κ1) is 21.5. The number of hydrogen-bond donors (Lipinski definition) is 2. The molecule has 6 nitrogen and oxygen atoms in total. The first-order valence-corrected chi connectivity index (χ1v) is 10.7. The van der Waals surface area contributed by atoms with Crippen molar-refractivity contribution >= 4 is 17.6 Å². The van der Waals surface area contributed by atoms with Gasteiger partial charge in [-0.25, -0.2) is 9.78 Å². The van der Waals surface area contributed by atoms with Gasteiger partial charge in [0.15, 0.2) is 0 Å². The Morgan fingerprint density at radius 2 is 2.09 bits per heavy atom. The molecule has 3 aromatic rings. The Bertz CT molecular complexity index is 1200. The number of rotatable bonds is 6. The third-order valence-electron chi connectivity index (χ3n) is 5.83. The topological polar surface area (TPSA) is 84.8 Å². The number of carbonyl (C=O) groups is 1. The summed E-state index contributed by atoms with van der Waals surface area (Å²) in [4.78, 5) is 22.6. The van der Waals surface area contributed by atoms with Crippen LogP contribution in [0.3, 0.4) is 0 Å². The number of urea groups is 1. The van der Waals surface area contributed by atoms with Crippen LogP contribution >= 0.6 is 11.6 Å². The molecule has 2 atom stereocenters. The van der Waals surface area contributed by atoms with Crippen LogP contribution in [-0.4, -0.2) is 27.4 Å². The SMILES string of the molecule is CC#CCC1(c2cccc(Cl)c2)CNC(=O)N1C(Cc1ccc(C#N)cc1)c1cnc[nH]1. The Morgan fingerprint density at radius 1 is 1.28 bits per heavy atom. The molecule has 0 bridgehead atoms. The molecule has 0 spiro atoms. The lowest BCUT2D eigenvalue weighted by Crippen LogP contribution is -2.47. The number of aromatic amines is 1. The van der Waals surface area contributed by atoms with Crippen LogP contribution in [-0.2, 0) is 12.0 Å². The smallest absolute Gasteiger partial charge is 0.318 e. The Morgan fingerprint density at radius 3 is 2.75 bits per heavy atom. The van der Waals surface area contributed by atoms with Crippen molar-refractivity contribution < 1.29 is 4.79 Å². The van der Waals surface area contributed by atoms with Gasteiger partial charge in [-0.15, -0.1) is 11.8 Å². The molecule has 160 valence electrons. The fraction of sp³-hybridized carbons (Fsp3) is 0.240. The molecule has 1 fully saturated rings. The Kier molecular flexibility index (Phi) is 6.16. The van der Waals surface area contributed by atoms with Gasteiger partial charge in [-0.1, -0.05) is 35.9 Å².